The van der Waals surface area contributed by atoms with Crippen LogP contribution in [0.15, 0.2) is 36.5 Å². The molecule has 1 aliphatic heterocycles. The molecule has 1 aliphatic rings. The first-order valence-corrected chi connectivity index (χ1v) is 8.18. The molecule has 4 nitrogen and oxygen atoms in total. The Hall–Kier alpha value is -1.94. The molecule has 1 amide bonds. The van der Waals surface area contributed by atoms with Crippen LogP contribution in [0.25, 0.3) is 10.9 Å². The fourth-order valence-corrected chi connectivity index (χ4v) is 3.30. The highest BCUT2D eigenvalue weighted by Crippen LogP contribution is 2.26. The molecule has 122 valence electrons. The molecular formula is C19H24N2O2. The van der Waals surface area contributed by atoms with Crippen LogP contribution in [0.1, 0.15) is 25.8 Å². The summed E-state index contributed by atoms with van der Waals surface area (Å²) in [6.45, 7) is 5.29. The van der Waals surface area contributed by atoms with Crippen molar-refractivity contribution < 1.29 is 9.53 Å². The van der Waals surface area contributed by atoms with Crippen molar-refractivity contribution in [3.8, 4) is 0 Å². The van der Waals surface area contributed by atoms with Gasteiger partial charge in [-0.3, -0.25) is 9.78 Å². The third kappa shape index (κ3) is 3.22. The summed E-state index contributed by atoms with van der Waals surface area (Å²) < 4.78 is 5.32. The highest BCUT2D eigenvalue weighted by Gasteiger charge is 2.35. The summed E-state index contributed by atoms with van der Waals surface area (Å²) in [7, 11) is 1.59. The van der Waals surface area contributed by atoms with Crippen LogP contribution in [0.2, 0.25) is 0 Å². The van der Waals surface area contributed by atoms with Gasteiger partial charge in [0.15, 0.2) is 0 Å². The van der Waals surface area contributed by atoms with Crippen molar-refractivity contribution in [3.05, 3.63) is 42.1 Å². The van der Waals surface area contributed by atoms with Crippen LogP contribution < -0.4 is 0 Å². The zero-order valence-corrected chi connectivity index (χ0v) is 14.1. The molecule has 1 fully saturated rings. The van der Waals surface area contributed by atoms with E-state index >= 15 is 0 Å². The lowest BCUT2D eigenvalue weighted by molar-refractivity contribution is -0.149. The molecular weight excluding hydrogens is 288 g/mol. The Kier molecular flexibility index (Phi) is 4.35. The third-order valence-corrected chi connectivity index (χ3v) is 4.85. The fraction of sp³-hybridized carbons (Fsp3) is 0.474. The number of carbonyl (C=O) groups is 1. The van der Waals surface area contributed by atoms with E-state index in [0.717, 1.165) is 31.4 Å². The van der Waals surface area contributed by atoms with Gasteiger partial charge < -0.3 is 9.64 Å². The largest absolute Gasteiger partial charge is 0.369 e. The van der Waals surface area contributed by atoms with E-state index in [1.807, 2.05) is 37.1 Å². The molecule has 0 saturated carbocycles. The number of methoxy groups -OCH3 is 1. The zero-order chi connectivity index (χ0) is 16.4. The summed E-state index contributed by atoms with van der Waals surface area (Å²) in [5.41, 5.74) is 1.62. The predicted molar refractivity (Wildman–Crippen MR) is 91.2 cm³/mol. The van der Waals surface area contributed by atoms with Gasteiger partial charge in [-0.15, -0.1) is 0 Å². The van der Waals surface area contributed by atoms with E-state index in [2.05, 4.69) is 23.2 Å². The first-order valence-electron chi connectivity index (χ1n) is 8.18. The number of carbonyl (C=O) groups excluding carboxylic acids is 1. The summed E-state index contributed by atoms with van der Waals surface area (Å²) in [6.07, 6.45) is 3.91. The quantitative estimate of drug-likeness (QED) is 0.871. The zero-order valence-electron chi connectivity index (χ0n) is 14.1. The van der Waals surface area contributed by atoms with E-state index < -0.39 is 5.60 Å². The average Bonchev–Trinajstić information content (AvgIpc) is 3.03. The summed E-state index contributed by atoms with van der Waals surface area (Å²) in [5.74, 6) is 0.583. The van der Waals surface area contributed by atoms with Gasteiger partial charge in [0.25, 0.3) is 5.91 Å². The highest BCUT2D eigenvalue weighted by atomic mass is 16.5. The van der Waals surface area contributed by atoms with E-state index in [4.69, 9.17) is 4.74 Å². The Bertz CT molecular complexity index is 706. The molecule has 2 heterocycles. The number of nitrogens with zero attached hydrogens (tertiary/aromatic N) is 2. The molecule has 1 aromatic carbocycles. The molecule has 1 aromatic heterocycles. The number of hydrogen-bond donors (Lipinski definition) is 0. The Morgan fingerprint density at radius 1 is 1.35 bits per heavy atom. The minimum atomic E-state index is -0.738. The third-order valence-electron chi connectivity index (χ3n) is 4.85. The Labute approximate surface area is 137 Å². The Morgan fingerprint density at radius 2 is 2.13 bits per heavy atom. The molecule has 3 rings (SSSR count). The summed E-state index contributed by atoms with van der Waals surface area (Å²) in [6, 6.07) is 10.3. The monoisotopic (exact) mass is 312 g/mol. The molecule has 0 N–H and O–H groups in total. The van der Waals surface area contributed by atoms with Crippen molar-refractivity contribution in [2.75, 3.05) is 20.2 Å². The maximum absolute atomic E-state index is 12.5. The highest BCUT2D eigenvalue weighted by molar-refractivity contribution is 5.85. The van der Waals surface area contributed by atoms with Crippen molar-refractivity contribution in [2.45, 2.75) is 32.3 Å². The number of rotatable bonds is 4. The molecule has 2 aromatic rings. The van der Waals surface area contributed by atoms with Crippen LogP contribution in [0.5, 0.6) is 0 Å². The van der Waals surface area contributed by atoms with Crippen LogP contribution in [-0.2, 0) is 16.0 Å². The second-order valence-corrected chi connectivity index (χ2v) is 6.81. The number of para-hydroxylation sites is 1. The van der Waals surface area contributed by atoms with Crippen LogP contribution >= 0.6 is 0 Å². The van der Waals surface area contributed by atoms with Crippen LogP contribution in [0.4, 0.5) is 0 Å². The number of hydrogen-bond acceptors (Lipinski definition) is 3. The van der Waals surface area contributed by atoms with Crippen LogP contribution in [-0.4, -0.2) is 41.6 Å². The summed E-state index contributed by atoms with van der Waals surface area (Å²) in [5, 5.41) is 1.22. The number of likely N-dealkylation sites (tertiary alicyclic amines) is 1. The van der Waals surface area contributed by atoms with Gasteiger partial charge in [0, 0.05) is 31.8 Å². The minimum absolute atomic E-state index is 0.0853. The lowest BCUT2D eigenvalue weighted by Crippen LogP contribution is -2.45. The van der Waals surface area contributed by atoms with Crippen molar-refractivity contribution in [2.24, 2.45) is 5.92 Å². The van der Waals surface area contributed by atoms with Crippen molar-refractivity contribution in [1.82, 2.24) is 9.88 Å². The normalized spacial score (nSPS) is 18.6. The molecule has 1 atom stereocenters. The van der Waals surface area contributed by atoms with Gasteiger partial charge in [-0.25, -0.2) is 0 Å². The molecule has 0 unspecified atom stereocenters. The Balaban J connectivity index is 1.72. The number of aromatic nitrogens is 1. The molecule has 4 heteroatoms. The first kappa shape index (κ1) is 15.9. The van der Waals surface area contributed by atoms with Crippen molar-refractivity contribution in [1.29, 1.82) is 0 Å². The second kappa shape index (κ2) is 6.28. The van der Waals surface area contributed by atoms with E-state index in [0.29, 0.717) is 5.92 Å². The minimum Gasteiger partial charge on any atom is -0.369 e. The average molecular weight is 312 g/mol. The van der Waals surface area contributed by atoms with Crippen molar-refractivity contribution in [3.63, 3.8) is 0 Å². The molecule has 0 bridgehead atoms. The van der Waals surface area contributed by atoms with Gasteiger partial charge >= 0.3 is 0 Å². The maximum atomic E-state index is 12.5. The summed E-state index contributed by atoms with van der Waals surface area (Å²) >= 11 is 0. The standard InChI is InChI=1S/C19H24N2O2/c1-19(2,23-3)18(22)21-11-9-14(13-21)12-15-8-10-20-17-7-5-4-6-16(15)17/h4-8,10,14H,9,11-13H2,1-3H3/t14-/m0/s1. The molecule has 0 radical (unpaired) electrons. The second-order valence-electron chi connectivity index (χ2n) is 6.81. The van der Waals surface area contributed by atoms with Gasteiger partial charge in [-0.1, -0.05) is 18.2 Å². The lowest BCUT2D eigenvalue weighted by atomic mass is 9.96. The number of pyridine rings is 1. The molecule has 0 aliphatic carbocycles. The smallest absolute Gasteiger partial charge is 0.254 e. The van der Waals surface area contributed by atoms with Gasteiger partial charge in [0.2, 0.25) is 0 Å². The topological polar surface area (TPSA) is 42.4 Å². The van der Waals surface area contributed by atoms with E-state index in [9.17, 15) is 4.79 Å². The predicted octanol–water partition coefficient (Wildman–Crippen LogP) is 3.05. The number of benzene rings is 1. The van der Waals surface area contributed by atoms with Crippen LogP contribution in [0.3, 0.4) is 0 Å². The van der Waals surface area contributed by atoms with Gasteiger partial charge in [-0.05, 0) is 50.3 Å². The van der Waals surface area contributed by atoms with Gasteiger partial charge in [0.05, 0.1) is 5.52 Å². The van der Waals surface area contributed by atoms with E-state index in [1.165, 1.54) is 10.9 Å². The lowest BCUT2D eigenvalue weighted by Gasteiger charge is -2.28. The van der Waals surface area contributed by atoms with Crippen LogP contribution in [0, 0.1) is 5.92 Å². The van der Waals surface area contributed by atoms with E-state index in [-0.39, 0.29) is 5.91 Å². The van der Waals surface area contributed by atoms with E-state index in [1.54, 1.807) is 7.11 Å². The molecule has 0 spiro atoms. The maximum Gasteiger partial charge on any atom is 0.254 e. The number of fused-ring (bicyclic) bond motifs is 1. The fourth-order valence-electron chi connectivity index (χ4n) is 3.30. The molecule has 1 saturated heterocycles. The van der Waals surface area contributed by atoms with Gasteiger partial charge in [-0.2, -0.15) is 0 Å². The van der Waals surface area contributed by atoms with Gasteiger partial charge in [0.1, 0.15) is 5.60 Å². The number of amides is 1. The Morgan fingerprint density at radius 3 is 2.91 bits per heavy atom. The SMILES string of the molecule is COC(C)(C)C(=O)N1CC[C@@H](Cc2ccnc3ccccc23)C1. The van der Waals surface area contributed by atoms with Crippen molar-refractivity contribution >= 4 is 16.8 Å². The summed E-state index contributed by atoms with van der Waals surface area (Å²) in [4.78, 5) is 18.9. The first-order chi connectivity index (χ1) is 11.0. The number of ether oxygens (including phenoxy) is 1. The molecule has 23 heavy (non-hydrogen) atoms.